The fourth-order valence-corrected chi connectivity index (χ4v) is 3.95. The van der Waals surface area contributed by atoms with Crippen molar-refractivity contribution in [3.8, 4) is 11.3 Å². The van der Waals surface area contributed by atoms with Gasteiger partial charge in [0.2, 0.25) is 0 Å². The molecule has 1 aliphatic heterocycles. The first-order valence-electron chi connectivity index (χ1n) is 8.83. The molecule has 26 heavy (non-hydrogen) atoms. The maximum Gasteiger partial charge on any atom is 0.152 e. The Morgan fingerprint density at radius 2 is 2.15 bits per heavy atom. The van der Waals surface area contributed by atoms with Gasteiger partial charge in [-0.15, -0.1) is 0 Å². The minimum absolute atomic E-state index is 0.656. The van der Waals surface area contributed by atoms with Gasteiger partial charge in [0.1, 0.15) is 5.52 Å². The van der Waals surface area contributed by atoms with Gasteiger partial charge < -0.3 is 5.32 Å². The van der Waals surface area contributed by atoms with Crippen molar-refractivity contribution in [1.29, 1.82) is 0 Å². The van der Waals surface area contributed by atoms with Crippen LogP contribution < -0.4 is 5.32 Å². The summed E-state index contributed by atoms with van der Waals surface area (Å²) in [5.41, 5.74) is 2.86. The zero-order valence-corrected chi connectivity index (χ0v) is 15.7. The summed E-state index contributed by atoms with van der Waals surface area (Å²) in [5.74, 6) is 1.54. The van der Waals surface area contributed by atoms with E-state index in [2.05, 4.69) is 26.4 Å². The van der Waals surface area contributed by atoms with Gasteiger partial charge in [-0.05, 0) is 30.2 Å². The molecule has 1 N–H and O–H groups in total. The lowest BCUT2D eigenvalue weighted by Gasteiger charge is -2.30. The quantitative estimate of drug-likeness (QED) is 0.674. The van der Waals surface area contributed by atoms with Gasteiger partial charge in [-0.3, -0.25) is 4.68 Å². The van der Waals surface area contributed by atoms with Crippen LogP contribution in [0, 0.1) is 5.92 Å². The highest BCUT2D eigenvalue weighted by Crippen LogP contribution is 2.25. The Bertz CT molecular complexity index is 892. The number of hydrogen-bond acceptors (Lipinski definition) is 6. The first-order valence-corrected chi connectivity index (χ1v) is 9.66. The number of piperidine rings is 1. The van der Waals surface area contributed by atoms with Gasteiger partial charge in [0.05, 0.1) is 24.3 Å². The fourth-order valence-electron chi connectivity index (χ4n) is 3.31. The average molecular weight is 369 g/mol. The molecule has 7 nitrogen and oxygen atoms in total. The maximum absolute atomic E-state index is 4.83. The third-order valence-corrected chi connectivity index (χ3v) is 5.56. The number of nitrogens with zero attached hydrogens (tertiary/aromatic N) is 6. The van der Waals surface area contributed by atoms with Gasteiger partial charge in [0, 0.05) is 38.4 Å². The summed E-state index contributed by atoms with van der Waals surface area (Å²) >= 11 is 1.72. The van der Waals surface area contributed by atoms with E-state index in [1.165, 1.54) is 12.8 Å². The summed E-state index contributed by atoms with van der Waals surface area (Å²) in [5, 5.41) is 14.1. The van der Waals surface area contributed by atoms with Crippen molar-refractivity contribution in [2.75, 3.05) is 25.0 Å². The molecule has 3 aromatic heterocycles. The van der Waals surface area contributed by atoms with Gasteiger partial charge in [0.25, 0.3) is 0 Å². The van der Waals surface area contributed by atoms with E-state index in [-0.39, 0.29) is 0 Å². The molecule has 0 radical (unpaired) electrons. The summed E-state index contributed by atoms with van der Waals surface area (Å²) in [6, 6.07) is 1.99. The van der Waals surface area contributed by atoms with E-state index in [4.69, 9.17) is 4.98 Å². The van der Waals surface area contributed by atoms with Crippen LogP contribution in [0.25, 0.3) is 16.8 Å². The Labute approximate surface area is 157 Å². The lowest BCUT2D eigenvalue weighted by Crippen LogP contribution is -2.31. The second kappa shape index (κ2) is 7.51. The zero-order valence-electron chi connectivity index (χ0n) is 14.9. The fraction of sp³-hybridized carbons (Fsp3) is 0.389. The topological polar surface area (TPSA) is 63.3 Å². The number of fused-ring (bicyclic) bond motifs is 1. The van der Waals surface area contributed by atoms with Gasteiger partial charge in [-0.1, -0.05) is 18.5 Å². The summed E-state index contributed by atoms with van der Waals surface area (Å²) in [4.78, 5) is 4.83. The van der Waals surface area contributed by atoms with Crippen LogP contribution in [-0.4, -0.2) is 48.3 Å². The Morgan fingerprint density at radius 3 is 2.88 bits per heavy atom. The summed E-state index contributed by atoms with van der Waals surface area (Å²) in [6.07, 6.45) is 9.92. The summed E-state index contributed by atoms with van der Waals surface area (Å²) < 4.78 is 6.04. The van der Waals surface area contributed by atoms with Crippen LogP contribution in [0.2, 0.25) is 0 Å². The van der Waals surface area contributed by atoms with Crippen molar-refractivity contribution in [3.63, 3.8) is 0 Å². The number of rotatable bonds is 6. The monoisotopic (exact) mass is 369 g/mol. The molecule has 3 aromatic rings. The third-order valence-electron chi connectivity index (χ3n) is 4.75. The lowest BCUT2D eigenvalue weighted by atomic mass is 9.98. The number of anilines is 1. The molecule has 0 bridgehead atoms. The highest BCUT2D eigenvalue weighted by Gasteiger charge is 2.19. The molecule has 4 rings (SSSR count). The van der Waals surface area contributed by atoms with Crippen molar-refractivity contribution in [2.24, 2.45) is 13.0 Å². The van der Waals surface area contributed by atoms with E-state index >= 15 is 0 Å². The van der Waals surface area contributed by atoms with Gasteiger partial charge >= 0.3 is 0 Å². The number of aryl methyl sites for hydroxylation is 1. The molecule has 0 amide bonds. The van der Waals surface area contributed by atoms with E-state index in [1.54, 1.807) is 22.8 Å². The van der Waals surface area contributed by atoms with Gasteiger partial charge in [-0.2, -0.15) is 10.2 Å². The number of aromatic nitrogens is 5. The first-order chi connectivity index (χ1) is 12.7. The van der Waals surface area contributed by atoms with Crippen LogP contribution in [-0.2, 0) is 7.05 Å². The number of nitrogens with one attached hydrogen (secondary N) is 1. The molecule has 0 saturated carbocycles. The Kier molecular flexibility index (Phi) is 4.94. The van der Waals surface area contributed by atoms with Crippen LogP contribution in [0.5, 0.6) is 0 Å². The molecule has 8 heteroatoms. The van der Waals surface area contributed by atoms with Crippen molar-refractivity contribution in [3.05, 3.63) is 42.8 Å². The molecule has 136 valence electrons. The highest BCUT2D eigenvalue weighted by molar-refractivity contribution is 7.99. The standard InChI is InChI=1S/C18H23N7S/c1-3-26-24-8-5-14(6-9-24)10-19-18-17-4-7-20-25(17)13-16(22-18)15-11-21-23(2)12-15/h3-4,7,11-14H,1,5-6,8-10H2,2H3,(H,19,22). The van der Waals surface area contributed by atoms with E-state index in [9.17, 15) is 0 Å². The van der Waals surface area contributed by atoms with Crippen LogP contribution >= 0.6 is 11.9 Å². The molecule has 4 heterocycles. The largest absolute Gasteiger partial charge is 0.368 e. The van der Waals surface area contributed by atoms with Crippen molar-refractivity contribution in [2.45, 2.75) is 12.8 Å². The van der Waals surface area contributed by atoms with Crippen LogP contribution in [0.1, 0.15) is 12.8 Å². The molecule has 0 aliphatic carbocycles. The minimum atomic E-state index is 0.656. The molecule has 0 atom stereocenters. The van der Waals surface area contributed by atoms with E-state index in [0.717, 1.165) is 42.2 Å². The Morgan fingerprint density at radius 1 is 1.31 bits per heavy atom. The minimum Gasteiger partial charge on any atom is -0.368 e. The molecule has 1 saturated heterocycles. The second-order valence-electron chi connectivity index (χ2n) is 6.56. The van der Waals surface area contributed by atoms with Crippen molar-refractivity contribution >= 4 is 23.3 Å². The second-order valence-corrected chi connectivity index (χ2v) is 7.62. The molecule has 0 spiro atoms. The first kappa shape index (κ1) is 17.1. The molecular formula is C18H23N7S. The van der Waals surface area contributed by atoms with Crippen molar-refractivity contribution < 1.29 is 0 Å². The van der Waals surface area contributed by atoms with Gasteiger partial charge in [0.15, 0.2) is 5.82 Å². The van der Waals surface area contributed by atoms with Crippen molar-refractivity contribution in [1.82, 2.24) is 28.7 Å². The lowest BCUT2D eigenvalue weighted by molar-refractivity contribution is 0.302. The Hall–Kier alpha value is -2.32. The predicted octanol–water partition coefficient (Wildman–Crippen LogP) is 3.05. The highest BCUT2D eigenvalue weighted by atomic mass is 32.2. The Balaban J connectivity index is 1.49. The van der Waals surface area contributed by atoms with Crippen LogP contribution in [0.3, 0.4) is 0 Å². The van der Waals surface area contributed by atoms with Crippen LogP contribution in [0.15, 0.2) is 42.8 Å². The molecular weight excluding hydrogens is 346 g/mol. The van der Waals surface area contributed by atoms with E-state index in [0.29, 0.717) is 5.92 Å². The summed E-state index contributed by atoms with van der Waals surface area (Å²) in [6.45, 7) is 6.93. The molecule has 1 fully saturated rings. The third kappa shape index (κ3) is 3.61. The summed E-state index contributed by atoms with van der Waals surface area (Å²) in [7, 11) is 1.91. The normalized spacial score (nSPS) is 16.2. The molecule has 1 aliphatic rings. The maximum atomic E-state index is 4.83. The number of hydrogen-bond donors (Lipinski definition) is 1. The zero-order chi connectivity index (χ0) is 17.9. The molecule has 0 unspecified atom stereocenters. The average Bonchev–Trinajstić information content (AvgIpc) is 3.29. The smallest absolute Gasteiger partial charge is 0.152 e. The van der Waals surface area contributed by atoms with E-state index < -0.39 is 0 Å². The molecule has 0 aromatic carbocycles. The van der Waals surface area contributed by atoms with Crippen LogP contribution in [0.4, 0.5) is 5.82 Å². The predicted molar refractivity (Wildman–Crippen MR) is 106 cm³/mol. The van der Waals surface area contributed by atoms with E-state index in [1.807, 2.05) is 41.6 Å². The van der Waals surface area contributed by atoms with Gasteiger partial charge in [-0.25, -0.2) is 13.8 Å². The SMILES string of the molecule is C=CSN1CCC(CNc2nc(-c3cnn(C)c3)cn3nccc23)CC1.